The van der Waals surface area contributed by atoms with Crippen LogP contribution in [0, 0.1) is 11.2 Å². The van der Waals surface area contributed by atoms with Gasteiger partial charge in [-0.2, -0.15) is 0 Å². The number of hydrogen-bond acceptors (Lipinski definition) is 4. The molecule has 2 spiro atoms. The Labute approximate surface area is 273 Å². The van der Waals surface area contributed by atoms with Gasteiger partial charge in [-0.05, 0) is 59.9 Å². The summed E-state index contributed by atoms with van der Waals surface area (Å²) in [5.41, 5.74) is 0.808. The maximum atomic E-state index is 16.2. The SMILES string of the molecule is CC1(C)CCC2(CC1)N([C@H](c1ccccc1)[C@@H](O)c1ccccc1)C[C@H](c1cccc(Cl)c1F)C21C(=O)Nc2nc(Cl)ccc21. The lowest BCUT2D eigenvalue weighted by molar-refractivity contribution is -0.129. The minimum absolute atomic E-state index is 0.0108. The van der Waals surface area contributed by atoms with E-state index in [0.717, 1.165) is 24.0 Å². The molecule has 1 saturated heterocycles. The normalized spacial score (nSPS) is 24.8. The van der Waals surface area contributed by atoms with E-state index in [4.69, 9.17) is 23.2 Å². The van der Waals surface area contributed by atoms with Crippen molar-refractivity contribution in [2.75, 3.05) is 11.9 Å². The number of pyridine rings is 1. The van der Waals surface area contributed by atoms with E-state index in [1.807, 2.05) is 66.7 Å². The molecular weight excluding hydrogens is 608 g/mol. The van der Waals surface area contributed by atoms with E-state index in [0.29, 0.717) is 36.3 Å². The number of fused-ring (bicyclic) bond motifs is 3. The van der Waals surface area contributed by atoms with Crippen LogP contribution in [0.15, 0.2) is 91.0 Å². The fourth-order valence-corrected chi connectivity index (χ4v) is 8.91. The molecule has 2 fully saturated rings. The highest BCUT2D eigenvalue weighted by atomic mass is 35.5. The predicted molar refractivity (Wildman–Crippen MR) is 176 cm³/mol. The van der Waals surface area contributed by atoms with Crippen LogP contribution in [-0.4, -0.2) is 33.0 Å². The van der Waals surface area contributed by atoms with Gasteiger partial charge >= 0.3 is 0 Å². The smallest absolute Gasteiger partial charge is 0.238 e. The second-order valence-corrected chi connectivity index (χ2v) is 14.3. The standard InChI is InChI=1S/C37H36Cl2FN3O2/c1-35(2)18-20-36(21-19-35)37(26-16-17-29(39)41-33(26)42-34(37)45)27(25-14-9-15-28(38)30(25)40)22-43(36)31(23-10-5-3-6-11-23)32(44)24-12-7-4-8-13-24/h3-17,27,31-32,44H,18-22H2,1-2H3,(H,41,42,45)/t27-,31-,32+,37?/m1/s1. The summed E-state index contributed by atoms with van der Waals surface area (Å²) in [5.74, 6) is -0.971. The third-order valence-electron chi connectivity index (χ3n) is 10.8. The first-order valence-corrected chi connectivity index (χ1v) is 16.3. The lowest BCUT2D eigenvalue weighted by Crippen LogP contribution is -2.63. The van der Waals surface area contributed by atoms with Gasteiger partial charge in [-0.25, -0.2) is 9.37 Å². The molecule has 1 saturated carbocycles. The molecule has 1 amide bonds. The number of aliphatic hydroxyl groups excluding tert-OH is 1. The summed E-state index contributed by atoms with van der Waals surface area (Å²) in [6.45, 7) is 4.84. The first-order chi connectivity index (χ1) is 21.6. The van der Waals surface area contributed by atoms with Crippen LogP contribution in [0.25, 0.3) is 0 Å². The first-order valence-electron chi connectivity index (χ1n) is 15.6. The minimum Gasteiger partial charge on any atom is -0.386 e. The fraction of sp³-hybridized carbons (Fsp3) is 0.351. The van der Waals surface area contributed by atoms with E-state index in [1.54, 1.807) is 18.2 Å². The number of benzene rings is 3. The van der Waals surface area contributed by atoms with Gasteiger partial charge < -0.3 is 10.4 Å². The topological polar surface area (TPSA) is 65.5 Å². The van der Waals surface area contributed by atoms with Gasteiger partial charge in [0.15, 0.2) is 0 Å². The number of hydrogen-bond donors (Lipinski definition) is 2. The van der Waals surface area contributed by atoms with E-state index in [-0.39, 0.29) is 21.5 Å². The molecule has 0 bridgehead atoms. The summed E-state index contributed by atoms with van der Waals surface area (Å²) < 4.78 is 16.2. The number of carbonyl (C=O) groups excluding carboxylic acids is 1. The highest BCUT2D eigenvalue weighted by Gasteiger charge is 2.73. The summed E-state index contributed by atoms with van der Waals surface area (Å²) in [6, 6.07) is 27.7. The van der Waals surface area contributed by atoms with Gasteiger partial charge in [-0.3, -0.25) is 9.69 Å². The lowest BCUT2D eigenvalue weighted by Gasteiger charge is -2.55. The van der Waals surface area contributed by atoms with Crippen LogP contribution >= 0.6 is 23.2 Å². The molecule has 3 aliphatic rings. The van der Waals surface area contributed by atoms with Crippen LogP contribution < -0.4 is 5.32 Å². The second kappa shape index (κ2) is 11.2. The molecule has 2 N–H and O–H groups in total. The molecule has 4 aromatic rings. The molecule has 7 rings (SSSR count). The first kappa shape index (κ1) is 30.4. The predicted octanol–water partition coefficient (Wildman–Crippen LogP) is 8.63. The van der Waals surface area contributed by atoms with Crippen LogP contribution in [-0.2, 0) is 10.2 Å². The van der Waals surface area contributed by atoms with Gasteiger partial charge in [0.05, 0.1) is 17.2 Å². The Morgan fingerprint density at radius 3 is 2.20 bits per heavy atom. The van der Waals surface area contributed by atoms with Crippen LogP contribution in [0.5, 0.6) is 0 Å². The number of aliphatic hydroxyl groups is 1. The summed E-state index contributed by atoms with van der Waals surface area (Å²) in [5, 5.41) is 15.7. The largest absolute Gasteiger partial charge is 0.386 e. The van der Waals surface area contributed by atoms with Crippen molar-refractivity contribution in [3.8, 4) is 0 Å². The Bertz CT molecular complexity index is 1740. The molecule has 1 unspecified atom stereocenters. The number of anilines is 1. The van der Waals surface area contributed by atoms with Crippen molar-refractivity contribution >= 4 is 34.9 Å². The molecule has 45 heavy (non-hydrogen) atoms. The van der Waals surface area contributed by atoms with Gasteiger partial charge in [0.2, 0.25) is 5.91 Å². The molecule has 8 heteroatoms. The Kier molecular flexibility index (Phi) is 7.56. The van der Waals surface area contributed by atoms with Crippen molar-refractivity contribution in [3.05, 3.63) is 129 Å². The van der Waals surface area contributed by atoms with Gasteiger partial charge in [0, 0.05) is 23.6 Å². The Balaban J connectivity index is 1.54. The van der Waals surface area contributed by atoms with E-state index in [2.05, 4.69) is 29.0 Å². The zero-order valence-electron chi connectivity index (χ0n) is 25.3. The van der Waals surface area contributed by atoms with Crippen molar-refractivity contribution in [2.24, 2.45) is 5.41 Å². The minimum atomic E-state index is -1.23. The number of halogens is 3. The lowest BCUT2D eigenvalue weighted by atomic mass is 9.53. The molecule has 3 aromatic carbocycles. The van der Waals surface area contributed by atoms with E-state index < -0.39 is 34.8 Å². The van der Waals surface area contributed by atoms with Crippen LogP contribution in [0.3, 0.4) is 0 Å². The fourth-order valence-electron chi connectivity index (χ4n) is 8.58. The van der Waals surface area contributed by atoms with Crippen molar-refractivity contribution in [1.82, 2.24) is 9.88 Å². The monoisotopic (exact) mass is 643 g/mol. The molecule has 1 aromatic heterocycles. The molecule has 1 aliphatic carbocycles. The average molecular weight is 645 g/mol. The van der Waals surface area contributed by atoms with E-state index in [9.17, 15) is 9.90 Å². The third kappa shape index (κ3) is 4.64. The summed E-state index contributed by atoms with van der Waals surface area (Å²) in [6.07, 6.45) is 2.11. The Hall–Kier alpha value is -3.29. The van der Waals surface area contributed by atoms with Crippen molar-refractivity contribution in [2.45, 2.75) is 68.5 Å². The maximum absolute atomic E-state index is 16.2. The zero-order valence-corrected chi connectivity index (χ0v) is 26.8. The molecule has 3 heterocycles. The summed E-state index contributed by atoms with van der Waals surface area (Å²) in [4.78, 5) is 21.8. The average Bonchev–Trinajstić information content (AvgIpc) is 3.48. The quantitative estimate of drug-likeness (QED) is 0.214. The highest BCUT2D eigenvalue weighted by molar-refractivity contribution is 6.31. The van der Waals surface area contributed by atoms with E-state index >= 15 is 4.39 Å². The van der Waals surface area contributed by atoms with Gasteiger partial charge in [0.25, 0.3) is 0 Å². The van der Waals surface area contributed by atoms with Gasteiger partial charge in [0.1, 0.15) is 22.2 Å². The second-order valence-electron chi connectivity index (χ2n) is 13.5. The summed E-state index contributed by atoms with van der Waals surface area (Å²) >= 11 is 12.8. The molecule has 232 valence electrons. The van der Waals surface area contributed by atoms with Crippen LogP contribution in [0.2, 0.25) is 10.2 Å². The third-order valence-corrected chi connectivity index (χ3v) is 11.3. The molecular formula is C37H36Cl2FN3O2. The van der Waals surface area contributed by atoms with Gasteiger partial charge in [-0.15, -0.1) is 0 Å². The number of rotatable bonds is 5. The molecule has 5 nitrogen and oxygen atoms in total. The molecule has 0 radical (unpaired) electrons. The van der Waals surface area contributed by atoms with Crippen molar-refractivity contribution in [1.29, 1.82) is 0 Å². The Morgan fingerprint density at radius 1 is 0.889 bits per heavy atom. The van der Waals surface area contributed by atoms with Gasteiger partial charge in [-0.1, -0.05) is 116 Å². The van der Waals surface area contributed by atoms with Crippen LogP contribution in [0.1, 0.15) is 79.8 Å². The molecule has 2 aliphatic heterocycles. The number of amides is 1. The van der Waals surface area contributed by atoms with Crippen molar-refractivity contribution in [3.63, 3.8) is 0 Å². The number of likely N-dealkylation sites (tertiary alicyclic amines) is 1. The summed E-state index contributed by atoms with van der Waals surface area (Å²) in [7, 11) is 0. The maximum Gasteiger partial charge on any atom is 0.238 e. The number of aromatic nitrogens is 1. The number of nitrogens with zero attached hydrogens (tertiary/aromatic N) is 2. The number of carbonyl (C=O) groups is 1. The number of nitrogens with one attached hydrogen (secondary N) is 1. The zero-order chi connectivity index (χ0) is 31.6. The highest BCUT2D eigenvalue weighted by Crippen LogP contribution is 2.67. The Morgan fingerprint density at radius 2 is 1.53 bits per heavy atom. The van der Waals surface area contributed by atoms with Crippen LogP contribution in [0.4, 0.5) is 10.2 Å². The van der Waals surface area contributed by atoms with Crippen molar-refractivity contribution < 1.29 is 14.3 Å². The van der Waals surface area contributed by atoms with E-state index in [1.165, 1.54) is 6.07 Å². The molecule has 4 atom stereocenters.